The van der Waals surface area contributed by atoms with Crippen molar-refractivity contribution in [3.05, 3.63) is 81.7 Å². The second-order valence-corrected chi connectivity index (χ2v) is 8.75. The minimum Gasteiger partial charge on any atom is -0.496 e. The molecule has 0 radical (unpaired) electrons. The van der Waals surface area contributed by atoms with E-state index in [1.54, 1.807) is 38.3 Å². The monoisotopic (exact) mass is 481 g/mol. The lowest BCUT2D eigenvalue weighted by Gasteiger charge is -2.38. The van der Waals surface area contributed by atoms with Crippen LogP contribution in [0, 0.1) is 5.92 Å². The molecule has 0 amide bonds. The predicted octanol–water partition coefficient (Wildman–Crippen LogP) is 5.31. The topological polar surface area (TPSA) is 73.9 Å². The second-order valence-electron chi connectivity index (χ2n) is 8.32. The minimum absolute atomic E-state index is 0.110. The molecule has 6 nitrogen and oxygen atoms in total. The minimum atomic E-state index is -0.463. The van der Waals surface area contributed by atoms with Gasteiger partial charge in [-0.3, -0.25) is 4.79 Å². The zero-order valence-corrected chi connectivity index (χ0v) is 20.3. The van der Waals surface area contributed by atoms with Gasteiger partial charge in [0.2, 0.25) is 0 Å². The third kappa shape index (κ3) is 4.82. The summed E-state index contributed by atoms with van der Waals surface area (Å²) in [5.41, 5.74) is 3.68. The Labute approximate surface area is 204 Å². The van der Waals surface area contributed by atoms with Crippen LogP contribution in [0.25, 0.3) is 0 Å². The molecule has 1 heterocycles. The first kappa shape index (κ1) is 23.9. The fourth-order valence-corrected chi connectivity index (χ4v) is 4.77. The van der Waals surface area contributed by atoms with Gasteiger partial charge in [0, 0.05) is 34.3 Å². The number of benzene rings is 2. The van der Waals surface area contributed by atoms with Crippen LogP contribution in [0.5, 0.6) is 11.5 Å². The molecule has 2 unspecified atom stereocenters. The van der Waals surface area contributed by atoms with Crippen molar-refractivity contribution in [1.29, 1.82) is 0 Å². The van der Waals surface area contributed by atoms with E-state index in [-0.39, 0.29) is 19.0 Å². The van der Waals surface area contributed by atoms with E-state index in [0.717, 1.165) is 16.8 Å². The van der Waals surface area contributed by atoms with Gasteiger partial charge in [-0.1, -0.05) is 23.7 Å². The molecule has 0 spiro atoms. The number of fused-ring (bicyclic) bond motifs is 1. The molecule has 2 aliphatic rings. The molecule has 0 aromatic heterocycles. The molecule has 1 aliphatic carbocycles. The summed E-state index contributed by atoms with van der Waals surface area (Å²) < 4.78 is 16.9. The van der Waals surface area contributed by atoms with Crippen LogP contribution < -0.4 is 14.8 Å². The predicted molar refractivity (Wildman–Crippen MR) is 130 cm³/mol. The highest BCUT2D eigenvalue weighted by Crippen LogP contribution is 2.44. The smallest absolute Gasteiger partial charge is 0.336 e. The highest BCUT2D eigenvalue weighted by atomic mass is 35.5. The molecule has 7 heteroatoms. The summed E-state index contributed by atoms with van der Waals surface area (Å²) in [7, 11) is 1.60. The first-order valence-electron chi connectivity index (χ1n) is 11.4. The molecule has 2 atom stereocenters. The van der Waals surface area contributed by atoms with Gasteiger partial charge in [0.1, 0.15) is 23.9 Å². The van der Waals surface area contributed by atoms with Crippen molar-refractivity contribution in [2.45, 2.75) is 39.2 Å². The number of nitrogens with one attached hydrogen (secondary N) is 1. The number of hydrogen-bond donors (Lipinski definition) is 1. The maximum atomic E-state index is 13.1. The summed E-state index contributed by atoms with van der Waals surface area (Å²) in [4.78, 5) is 26.1. The summed E-state index contributed by atoms with van der Waals surface area (Å²) >= 11 is 5.97. The average molecular weight is 482 g/mol. The fourth-order valence-electron chi connectivity index (χ4n) is 4.65. The number of Topliss-reactive ketones (excluding diaryl/α,β-unsaturated/α-hetero) is 1. The third-order valence-corrected chi connectivity index (χ3v) is 6.44. The fraction of sp³-hybridized carbons (Fsp3) is 0.333. The quantitative estimate of drug-likeness (QED) is 0.540. The van der Waals surface area contributed by atoms with Gasteiger partial charge < -0.3 is 19.5 Å². The van der Waals surface area contributed by atoms with Gasteiger partial charge in [0.05, 0.1) is 25.2 Å². The molecule has 0 fully saturated rings. The van der Waals surface area contributed by atoms with Crippen molar-refractivity contribution < 1.29 is 23.8 Å². The van der Waals surface area contributed by atoms with Crippen LogP contribution in [0.3, 0.4) is 0 Å². The summed E-state index contributed by atoms with van der Waals surface area (Å²) in [5, 5.41) is 3.92. The largest absolute Gasteiger partial charge is 0.496 e. The molecule has 4 rings (SSSR count). The molecular formula is C27H28ClNO5. The van der Waals surface area contributed by atoms with Crippen LogP contribution >= 0.6 is 11.6 Å². The van der Waals surface area contributed by atoms with Crippen LogP contribution in [-0.4, -0.2) is 25.5 Å². The van der Waals surface area contributed by atoms with E-state index in [9.17, 15) is 9.59 Å². The van der Waals surface area contributed by atoms with E-state index in [4.69, 9.17) is 25.8 Å². The summed E-state index contributed by atoms with van der Waals surface area (Å²) in [5.74, 6) is 0.115. The van der Waals surface area contributed by atoms with Crippen LogP contribution in [0.4, 0.5) is 0 Å². The molecule has 178 valence electrons. The standard InChI is InChI=1S/C27H28ClNO5/c1-4-33-27(31)24-16(2)29-21-6-5-7-22(30)26(21)25(24)17-8-13-23(32-3)18(14-17)15-34-20-11-9-19(28)10-12-20/h6,8-14,25-26,29H,4-5,7,15H2,1-3H3. The summed E-state index contributed by atoms with van der Waals surface area (Å²) in [6, 6.07) is 12.8. The molecule has 0 bridgehead atoms. The Balaban J connectivity index is 1.75. The van der Waals surface area contributed by atoms with Gasteiger partial charge in [-0.15, -0.1) is 0 Å². The van der Waals surface area contributed by atoms with E-state index in [1.165, 1.54) is 0 Å². The van der Waals surface area contributed by atoms with Gasteiger partial charge in [0.25, 0.3) is 0 Å². The van der Waals surface area contributed by atoms with E-state index in [0.29, 0.717) is 40.6 Å². The SMILES string of the molecule is CCOC(=O)C1=C(C)NC2=CCCC(=O)C2C1c1ccc(OC)c(COc2ccc(Cl)cc2)c1. The van der Waals surface area contributed by atoms with Gasteiger partial charge in [-0.05, 0) is 62.2 Å². The van der Waals surface area contributed by atoms with Crippen molar-refractivity contribution in [2.75, 3.05) is 13.7 Å². The van der Waals surface area contributed by atoms with Crippen molar-refractivity contribution >= 4 is 23.4 Å². The number of carbonyl (C=O) groups is 2. The third-order valence-electron chi connectivity index (χ3n) is 6.18. The number of hydrogen-bond acceptors (Lipinski definition) is 6. The Morgan fingerprint density at radius 2 is 1.91 bits per heavy atom. The lowest BCUT2D eigenvalue weighted by Crippen LogP contribution is -2.40. The molecular weight excluding hydrogens is 454 g/mol. The summed E-state index contributed by atoms with van der Waals surface area (Å²) in [6.07, 6.45) is 3.19. The molecule has 34 heavy (non-hydrogen) atoms. The highest BCUT2D eigenvalue weighted by molar-refractivity contribution is 6.30. The van der Waals surface area contributed by atoms with E-state index < -0.39 is 17.8 Å². The van der Waals surface area contributed by atoms with Crippen LogP contribution in [0.2, 0.25) is 5.02 Å². The van der Waals surface area contributed by atoms with Crippen molar-refractivity contribution in [3.63, 3.8) is 0 Å². The maximum absolute atomic E-state index is 13.1. The number of halogens is 1. The highest BCUT2D eigenvalue weighted by Gasteiger charge is 2.43. The van der Waals surface area contributed by atoms with Crippen LogP contribution in [0.15, 0.2) is 65.5 Å². The molecule has 2 aromatic carbocycles. The number of ether oxygens (including phenoxy) is 3. The molecule has 0 saturated carbocycles. The Bertz CT molecular complexity index is 1150. The maximum Gasteiger partial charge on any atom is 0.336 e. The number of rotatable bonds is 7. The normalized spacial score (nSPS) is 19.6. The molecule has 1 aliphatic heterocycles. The lowest BCUT2D eigenvalue weighted by molar-refractivity contribution is -0.139. The van der Waals surface area contributed by atoms with Gasteiger partial charge >= 0.3 is 5.97 Å². The van der Waals surface area contributed by atoms with Crippen LogP contribution in [-0.2, 0) is 20.9 Å². The number of methoxy groups -OCH3 is 1. The number of ketones is 1. The second kappa shape index (κ2) is 10.3. The van der Waals surface area contributed by atoms with Crippen LogP contribution in [0.1, 0.15) is 43.7 Å². The van der Waals surface area contributed by atoms with E-state index >= 15 is 0 Å². The zero-order valence-electron chi connectivity index (χ0n) is 19.5. The lowest BCUT2D eigenvalue weighted by atomic mass is 9.71. The Morgan fingerprint density at radius 1 is 1.15 bits per heavy atom. The number of carbonyl (C=O) groups excluding carboxylic acids is 2. The molecule has 0 saturated heterocycles. The van der Waals surface area contributed by atoms with E-state index in [2.05, 4.69) is 11.4 Å². The van der Waals surface area contributed by atoms with Crippen molar-refractivity contribution in [1.82, 2.24) is 5.32 Å². The van der Waals surface area contributed by atoms with Crippen molar-refractivity contribution in [2.24, 2.45) is 5.92 Å². The number of esters is 1. The van der Waals surface area contributed by atoms with Gasteiger partial charge in [0.15, 0.2) is 0 Å². The van der Waals surface area contributed by atoms with Gasteiger partial charge in [-0.25, -0.2) is 4.79 Å². The number of allylic oxidation sites excluding steroid dienone is 3. The zero-order chi connectivity index (χ0) is 24.2. The molecule has 1 N–H and O–H groups in total. The van der Waals surface area contributed by atoms with Gasteiger partial charge in [-0.2, -0.15) is 0 Å². The Morgan fingerprint density at radius 3 is 2.62 bits per heavy atom. The average Bonchev–Trinajstić information content (AvgIpc) is 2.83. The molecule has 2 aromatic rings. The Hall–Kier alpha value is -3.25. The first-order valence-corrected chi connectivity index (χ1v) is 11.7. The summed E-state index contributed by atoms with van der Waals surface area (Å²) in [6.45, 7) is 4.13. The first-order chi connectivity index (χ1) is 16.4. The Kier molecular flexibility index (Phi) is 7.27. The van der Waals surface area contributed by atoms with E-state index in [1.807, 2.05) is 25.1 Å². The van der Waals surface area contributed by atoms with Crippen molar-refractivity contribution in [3.8, 4) is 11.5 Å².